The highest BCUT2D eigenvalue weighted by Crippen LogP contribution is 2.44. The van der Waals surface area contributed by atoms with Gasteiger partial charge in [0.25, 0.3) is 5.72 Å². The highest BCUT2D eigenvalue weighted by atomic mass is 19.4. The van der Waals surface area contributed by atoms with Gasteiger partial charge in [0, 0.05) is 5.56 Å². The summed E-state index contributed by atoms with van der Waals surface area (Å²) < 4.78 is 93.5. The summed E-state index contributed by atoms with van der Waals surface area (Å²) >= 11 is 0. The molecule has 7 nitrogen and oxygen atoms in total. The summed E-state index contributed by atoms with van der Waals surface area (Å²) in [7, 11) is 2.66. The lowest BCUT2D eigenvalue weighted by molar-refractivity contribution is -0.254. The third-order valence-corrected chi connectivity index (χ3v) is 5.42. The lowest BCUT2D eigenvalue weighted by Crippen LogP contribution is -2.55. The number of halogens is 6. The maximum atomic E-state index is 14.0. The number of methoxy groups -OCH3 is 2. The Kier molecular flexibility index (Phi) is 6.29. The molecule has 2 aromatic carbocycles. The van der Waals surface area contributed by atoms with Gasteiger partial charge in [-0.15, -0.1) is 0 Å². The highest BCUT2D eigenvalue weighted by Gasteiger charge is 2.63. The average Bonchev–Trinajstić information content (AvgIpc) is 3.22. The second-order valence-corrected chi connectivity index (χ2v) is 7.72. The number of anilines is 1. The normalized spacial score (nSPS) is 18.2. The molecule has 190 valence electrons. The van der Waals surface area contributed by atoms with Crippen molar-refractivity contribution in [2.75, 3.05) is 19.2 Å². The highest BCUT2D eigenvalue weighted by molar-refractivity contribution is 6.03. The molecule has 3 aromatic rings. The van der Waals surface area contributed by atoms with Gasteiger partial charge in [-0.2, -0.15) is 36.5 Å². The molecule has 0 saturated heterocycles. The molecular formula is C23H18F6N4O3. The number of aromatic nitrogens is 2. The molecule has 36 heavy (non-hydrogen) atoms. The molecule has 1 N–H and O–H groups in total. The van der Waals surface area contributed by atoms with E-state index < -0.39 is 36.1 Å². The van der Waals surface area contributed by atoms with Crippen molar-refractivity contribution in [1.82, 2.24) is 9.97 Å². The van der Waals surface area contributed by atoms with Crippen molar-refractivity contribution in [3.8, 4) is 22.8 Å². The molecule has 13 heteroatoms. The van der Waals surface area contributed by atoms with Gasteiger partial charge in [0.15, 0.2) is 17.2 Å². The van der Waals surface area contributed by atoms with Gasteiger partial charge in [-0.3, -0.25) is 0 Å². The fourth-order valence-electron chi connectivity index (χ4n) is 3.59. The second-order valence-electron chi connectivity index (χ2n) is 7.72. The number of benzene rings is 2. The van der Waals surface area contributed by atoms with Crippen LogP contribution in [0.5, 0.6) is 11.5 Å². The van der Waals surface area contributed by atoms with Crippen LogP contribution in [-0.4, -0.2) is 46.9 Å². The van der Waals surface area contributed by atoms with Crippen LogP contribution in [0.3, 0.4) is 0 Å². The van der Waals surface area contributed by atoms with Crippen molar-refractivity contribution in [3.63, 3.8) is 0 Å². The fourth-order valence-corrected chi connectivity index (χ4v) is 3.59. The number of rotatable bonds is 5. The Labute approximate surface area is 200 Å². The number of hydrogen-bond donors (Lipinski definition) is 1. The number of nitrogens with zero attached hydrogens (tertiary/aromatic N) is 4. The minimum absolute atomic E-state index is 0.0190. The van der Waals surface area contributed by atoms with Crippen LogP contribution in [0.4, 0.5) is 32.3 Å². The van der Waals surface area contributed by atoms with Gasteiger partial charge >= 0.3 is 12.4 Å². The van der Waals surface area contributed by atoms with Gasteiger partial charge in [-0.1, -0.05) is 30.3 Å². The Bertz CT molecular complexity index is 1300. The molecule has 0 amide bonds. The van der Waals surface area contributed by atoms with Crippen molar-refractivity contribution in [2.24, 2.45) is 5.10 Å². The van der Waals surface area contributed by atoms with E-state index in [9.17, 15) is 31.4 Å². The smallest absolute Gasteiger partial charge is 0.438 e. The zero-order chi connectivity index (χ0) is 26.3. The molecular weight excluding hydrogens is 494 g/mol. The van der Waals surface area contributed by atoms with Crippen LogP contribution in [0, 0.1) is 0 Å². The third kappa shape index (κ3) is 4.53. The van der Waals surface area contributed by atoms with Crippen LogP contribution in [0.15, 0.2) is 59.7 Å². The molecule has 2 heterocycles. The van der Waals surface area contributed by atoms with Crippen molar-refractivity contribution in [1.29, 1.82) is 0 Å². The molecule has 4 rings (SSSR count). The van der Waals surface area contributed by atoms with Crippen LogP contribution in [0.1, 0.15) is 17.7 Å². The number of ether oxygens (including phenoxy) is 2. The number of hydrogen-bond acceptors (Lipinski definition) is 7. The van der Waals surface area contributed by atoms with Gasteiger partial charge < -0.3 is 14.6 Å². The van der Waals surface area contributed by atoms with Crippen molar-refractivity contribution in [2.45, 2.75) is 24.5 Å². The zero-order valence-corrected chi connectivity index (χ0v) is 18.7. The molecule has 1 aliphatic rings. The summed E-state index contributed by atoms with van der Waals surface area (Å²) in [5.74, 6) is -0.656. The first kappa shape index (κ1) is 25.2. The van der Waals surface area contributed by atoms with E-state index in [0.29, 0.717) is 6.07 Å². The maximum Gasteiger partial charge on any atom is 0.438 e. The molecule has 0 saturated carbocycles. The minimum Gasteiger partial charge on any atom is -0.493 e. The zero-order valence-electron chi connectivity index (χ0n) is 18.7. The lowest BCUT2D eigenvalue weighted by Gasteiger charge is -2.32. The molecule has 0 fully saturated rings. The van der Waals surface area contributed by atoms with Crippen LogP contribution in [0.25, 0.3) is 11.3 Å². The van der Waals surface area contributed by atoms with Crippen molar-refractivity contribution < 1.29 is 40.9 Å². The van der Waals surface area contributed by atoms with E-state index >= 15 is 0 Å². The Morgan fingerprint density at radius 3 is 2.11 bits per heavy atom. The van der Waals surface area contributed by atoms with Gasteiger partial charge in [0.1, 0.15) is 0 Å². The van der Waals surface area contributed by atoms with Crippen LogP contribution in [-0.2, 0) is 6.18 Å². The Hall–Kier alpha value is -3.87. The van der Waals surface area contributed by atoms with Gasteiger partial charge in [-0.25, -0.2) is 9.97 Å². The van der Waals surface area contributed by atoms with Crippen molar-refractivity contribution in [3.05, 3.63) is 65.9 Å². The summed E-state index contributed by atoms with van der Waals surface area (Å²) in [6, 6.07) is 12.3. The van der Waals surface area contributed by atoms with Gasteiger partial charge in [-0.05, 0) is 29.8 Å². The van der Waals surface area contributed by atoms with E-state index in [4.69, 9.17) is 9.47 Å². The first-order valence-electron chi connectivity index (χ1n) is 10.3. The fraction of sp³-hybridized carbons (Fsp3) is 0.261. The average molecular weight is 512 g/mol. The van der Waals surface area contributed by atoms with E-state index in [2.05, 4.69) is 15.1 Å². The SMILES string of the molecule is COc1ccc(-c2cc(C(F)(F)F)nc(N3N=C(c4ccccc4)C[C@@]3(O)C(F)(F)F)n2)cc1OC. The molecule has 0 spiro atoms. The van der Waals surface area contributed by atoms with E-state index in [1.165, 1.54) is 44.6 Å². The van der Waals surface area contributed by atoms with Crippen molar-refractivity contribution >= 4 is 11.7 Å². The lowest BCUT2D eigenvalue weighted by atomic mass is 10.0. The molecule has 1 aliphatic heterocycles. The molecule has 0 unspecified atom stereocenters. The van der Waals surface area contributed by atoms with Crippen LogP contribution < -0.4 is 14.5 Å². The minimum atomic E-state index is -5.31. The first-order valence-corrected chi connectivity index (χ1v) is 10.3. The van der Waals surface area contributed by atoms with E-state index in [1.54, 1.807) is 18.2 Å². The monoisotopic (exact) mass is 512 g/mol. The van der Waals surface area contributed by atoms with E-state index in [1.807, 2.05) is 0 Å². The summed E-state index contributed by atoms with van der Waals surface area (Å²) in [6.07, 6.45) is -11.4. The summed E-state index contributed by atoms with van der Waals surface area (Å²) in [5.41, 5.74) is -5.47. The van der Waals surface area contributed by atoms with Crippen LogP contribution >= 0.6 is 0 Å². The van der Waals surface area contributed by atoms with Gasteiger partial charge in [0.2, 0.25) is 5.95 Å². The number of alkyl halides is 6. The molecule has 1 atom stereocenters. The topological polar surface area (TPSA) is 80.1 Å². The summed E-state index contributed by atoms with van der Waals surface area (Å²) in [5, 5.41) is 14.5. The Morgan fingerprint density at radius 2 is 1.53 bits per heavy atom. The Balaban J connectivity index is 1.92. The van der Waals surface area contributed by atoms with E-state index in [0.717, 1.165) is 0 Å². The molecule has 1 aromatic heterocycles. The third-order valence-electron chi connectivity index (χ3n) is 5.42. The number of hydrazone groups is 1. The summed E-state index contributed by atoms with van der Waals surface area (Å²) in [6.45, 7) is 0. The van der Waals surface area contributed by atoms with Gasteiger partial charge in [0.05, 0.1) is 32.0 Å². The maximum absolute atomic E-state index is 14.0. The number of aliphatic hydroxyl groups is 1. The quantitative estimate of drug-likeness (QED) is 0.483. The predicted octanol–water partition coefficient (Wildman–Crippen LogP) is 5.04. The first-order chi connectivity index (χ1) is 16.9. The molecule has 0 aliphatic carbocycles. The standard InChI is InChI=1S/C23H18F6N4O3/c1-35-17-9-8-14(10-18(17)36-2)15-11-19(22(24,25)26)31-20(30-15)33-21(34,23(27,28)29)12-16(32-33)13-6-4-3-5-7-13/h3-11,34H,12H2,1-2H3/t21-/m1/s1. The van der Waals surface area contributed by atoms with Crippen LogP contribution in [0.2, 0.25) is 0 Å². The Morgan fingerprint density at radius 1 is 0.861 bits per heavy atom. The molecule has 0 radical (unpaired) electrons. The predicted molar refractivity (Wildman–Crippen MR) is 117 cm³/mol. The second kappa shape index (κ2) is 8.97. The largest absolute Gasteiger partial charge is 0.493 e. The summed E-state index contributed by atoms with van der Waals surface area (Å²) in [4.78, 5) is 7.21. The van der Waals surface area contributed by atoms with E-state index in [-0.39, 0.29) is 39.0 Å². The molecule has 0 bridgehead atoms.